The van der Waals surface area contributed by atoms with Crippen LogP contribution in [0.25, 0.3) is 0 Å². The summed E-state index contributed by atoms with van der Waals surface area (Å²) in [5.41, 5.74) is 0.703. The van der Waals surface area contributed by atoms with E-state index in [2.05, 4.69) is 36.9 Å². The number of nitrogens with zero attached hydrogens (tertiary/aromatic N) is 2. The van der Waals surface area contributed by atoms with Crippen molar-refractivity contribution < 1.29 is 9.47 Å². The van der Waals surface area contributed by atoms with Crippen LogP contribution in [0.15, 0.2) is 24.3 Å². The molecule has 2 saturated heterocycles. The normalized spacial score (nSPS) is 22.2. The molecule has 2 fully saturated rings. The highest BCUT2D eigenvalue weighted by molar-refractivity contribution is 5.37. The van der Waals surface area contributed by atoms with Gasteiger partial charge in [0, 0.05) is 32.3 Å². The second-order valence-corrected chi connectivity index (χ2v) is 7.28. The Morgan fingerprint density at radius 2 is 1.79 bits per heavy atom. The molecule has 1 aromatic rings. The van der Waals surface area contributed by atoms with Crippen molar-refractivity contribution in [2.24, 2.45) is 0 Å². The van der Waals surface area contributed by atoms with Crippen LogP contribution in [0.1, 0.15) is 45.1 Å². The van der Waals surface area contributed by atoms with Crippen molar-refractivity contribution in [3.63, 3.8) is 0 Å². The van der Waals surface area contributed by atoms with Gasteiger partial charge in [0.2, 0.25) is 0 Å². The number of rotatable bonds is 4. The van der Waals surface area contributed by atoms with Gasteiger partial charge in [-0.25, -0.2) is 0 Å². The monoisotopic (exact) mass is 328 g/mol. The Morgan fingerprint density at radius 1 is 1.17 bits per heavy atom. The van der Waals surface area contributed by atoms with E-state index >= 15 is 0 Å². The van der Waals surface area contributed by atoms with E-state index in [1.165, 1.54) is 0 Å². The van der Waals surface area contributed by atoms with Crippen molar-refractivity contribution in [2.75, 3.05) is 26.3 Å². The largest absolute Gasteiger partial charge is 0.490 e. The zero-order valence-electron chi connectivity index (χ0n) is 14.8. The minimum Gasteiger partial charge on any atom is -0.490 e. The Kier molecular flexibility index (Phi) is 5.43. The maximum absolute atomic E-state index is 9.65. The van der Waals surface area contributed by atoms with E-state index in [0.717, 1.165) is 50.1 Å². The molecule has 1 aromatic carbocycles. The third-order valence-corrected chi connectivity index (χ3v) is 5.48. The number of piperidine rings is 1. The van der Waals surface area contributed by atoms with Crippen molar-refractivity contribution in [3.05, 3.63) is 29.8 Å². The molecule has 4 nitrogen and oxygen atoms in total. The lowest BCUT2D eigenvalue weighted by Gasteiger charge is -2.34. The summed E-state index contributed by atoms with van der Waals surface area (Å²) in [6, 6.07) is 11.3. The van der Waals surface area contributed by atoms with Crippen LogP contribution in [0.3, 0.4) is 0 Å². The fourth-order valence-electron chi connectivity index (χ4n) is 3.74. The first-order valence-corrected chi connectivity index (χ1v) is 9.13. The second kappa shape index (κ2) is 7.55. The molecule has 2 heterocycles. The zero-order valence-corrected chi connectivity index (χ0v) is 14.8. The average Bonchev–Trinajstić information content (AvgIpc) is 2.63. The molecule has 0 N–H and O–H groups in total. The summed E-state index contributed by atoms with van der Waals surface area (Å²) in [5.74, 6) is 0.918. The fourth-order valence-corrected chi connectivity index (χ4v) is 3.74. The Balaban J connectivity index is 1.60. The Bertz CT molecular complexity index is 562. The maximum atomic E-state index is 9.65. The molecule has 0 amide bonds. The van der Waals surface area contributed by atoms with Crippen LogP contribution in [0.4, 0.5) is 0 Å². The van der Waals surface area contributed by atoms with Crippen molar-refractivity contribution in [1.29, 1.82) is 5.26 Å². The minimum atomic E-state index is -0.389. The van der Waals surface area contributed by atoms with Gasteiger partial charge < -0.3 is 14.4 Å². The molecular weight excluding hydrogens is 300 g/mol. The first-order valence-electron chi connectivity index (χ1n) is 9.13. The summed E-state index contributed by atoms with van der Waals surface area (Å²) in [6.07, 6.45) is 4.02. The van der Waals surface area contributed by atoms with Gasteiger partial charge in [-0.05, 0) is 57.2 Å². The molecule has 0 atom stereocenters. The molecule has 0 bridgehead atoms. The number of likely N-dealkylation sites (tertiary alicyclic amines) is 1. The van der Waals surface area contributed by atoms with Gasteiger partial charge in [0.15, 0.2) is 0 Å². The van der Waals surface area contributed by atoms with Crippen LogP contribution >= 0.6 is 0 Å². The highest BCUT2D eigenvalue weighted by Crippen LogP contribution is 2.35. The molecule has 0 saturated carbocycles. The fraction of sp³-hybridized carbons (Fsp3) is 0.650. The lowest BCUT2D eigenvalue weighted by atomic mass is 9.75. The summed E-state index contributed by atoms with van der Waals surface area (Å²) in [4.78, 5) is 2.50. The van der Waals surface area contributed by atoms with Gasteiger partial charge >= 0.3 is 0 Å². The second-order valence-electron chi connectivity index (χ2n) is 7.28. The predicted octanol–water partition coefficient (Wildman–Crippen LogP) is 3.51. The first-order chi connectivity index (χ1) is 11.6. The van der Waals surface area contributed by atoms with E-state index in [0.29, 0.717) is 25.4 Å². The molecule has 0 aromatic heterocycles. The summed E-state index contributed by atoms with van der Waals surface area (Å²) in [7, 11) is 0. The van der Waals surface area contributed by atoms with Gasteiger partial charge in [0.1, 0.15) is 11.9 Å². The molecule has 4 heteroatoms. The van der Waals surface area contributed by atoms with Crippen molar-refractivity contribution in [3.8, 4) is 11.8 Å². The highest BCUT2D eigenvalue weighted by atomic mass is 16.5. The number of nitriles is 1. The number of hydrogen-bond acceptors (Lipinski definition) is 4. The van der Waals surface area contributed by atoms with Crippen molar-refractivity contribution in [1.82, 2.24) is 4.90 Å². The van der Waals surface area contributed by atoms with Crippen LogP contribution in [0.5, 0.6) is 5.75 Å². The van der Waals surface area contributed by atoms with Gasteiger partial charge in [-0.3, -0.25) is 0 Å². The third-order valence-electron chi connectivity index (χ3n) is 5.48. The number of hydrogen-bond donors (Lipinski definition) is 0. The van der Waals surface area contributed by atoms with E-state index in [4.69, 9.17) is 9.47 Å². The molecule has 130 valence electrons. The highest BCUT2D eigenvalue weighted by Gasteiger charge is 2.34. The lowest BCUT2D eigenvalue weighted by molar-refractivity contribution is 0.0674. The Morgan fingerprint density at radius 3 is 2.33 bits per heavy atom. The smallest absolute Gasteiger partial charge is 0.119 e. The summed E-state index contributed by atoms with van der Waals surface area (Å²) in [6.45, 7) is 8.05. The van der Waals surface area contributed by atoms with E-state index in [9.17, 15) is 5.26 Å². The summed E-state index contributed by atoms with van der Waals surface area (Å²) in [5, 5.41) is 9.65. The predicted molar refractivity (Wildman–Crippen MR) is 94.1 cm³/mol. The van der Waals surface area contributed by atoms with Crippen molar-refractivity contribution >= 4 is 0 Å². The van der Waals surface area contributed by atoms with E-state index in [1.807, 2.05) is 12.1 Å². The standard InChI is InChI=1S/C20H28N2O2/c1-16(2)22-11-7-19(8-12-22)24-18-5-3-17(4-6-18)20(15-21)9-13-23-14-10-20/h3-6,16,19H,7-14H2,1-2H3. The minimum absolute atomic E-state index is 0.304. The average molecular weight is 328 g/mol. The van der Waals surface area contributed by atoms with Gasteiger partial charge in [0.25, 0.3) is 0 Å². The molecule has 2 aliphatic rings. The molecule has 0 unspecified atom stereocenters. The maximum Gasteiger partial charge on any atom is 0.119 e. The molecule has 24 heavy (non-hydrogen) atoms. The Hall–Kier alpha value is -1.57. The van der Waals surface area contributed by atoms with Crippen LogP contribution in [-0.4, -0.2) is 43.3 Å². The van der Waals surface area contributed by atoms with Crippen molar-refractivity contribution in [2.45, 2.75) is 57.1 Å². The van der Waals surface area contributed by atoms with Crippen LogP contribution in [0, 0.1) is 11.3 Å². The molecule has 0 radical (unpaired) electrons. The van der Waals surface area contributed by atoms with Gasteiger partial charge in [-0.15, -0.1) is 0 Å². The topological polar surface area (TPSA) is 45.5 Å². The van der Waals surface area contributed by atoms with E-state index in [-0.39, 0.29) is 5.41 Å². The number of benzene rings is 1. The molecule has 3 rings (SSSR count). The van der Waals surface area contributed by atoms with Gasteiger partial charge in [0.05, 0.1) is 11.5 Å². The molecule has 0 aliphatic carbocycles. The Labute approximate surface area is 145 Å². The van der Waals surface area contributed by atoms with Crippen LogP contribution in [-0.2, 0) is 10.2 Å². The third kappa shape index (κ3) is 3.74. The quantitative estimate of drug-likeness (QED) is 0.848. The van der Waals surface area contributed by atoms with Gasteiger partial charge in [-0.2, -0.15) is 5.26 Å². The van der Waals surface area contributed by atoms with E-state index < -0.39 is 0 Å². The lowest BCUT2D eigenvalue weighted by Crippen LogP contribution is -2.41. The molecular formula is C20H28N2O2. The van der Waals surface area contributed by atoms with E-state index in [1.54, 1.807) is 0 Å². The zero-order chi connectivity index (χ0) is 17.0. The first kappa shape index (κ1) is 17.3. The van der Waals surface area contributed by atoms with Gasteiger partial charge in [-0.1, -0.05) is 12.1 Å². The molecule has 2 aliphatic heterocycles. The van der Waals surface area contributed by atoms with Crippen LogP contribution < -0.4 is 4.74 Å². The summed E-state index contributed by atoms with van der Waals surface area (Å²) >= 11 is 0. The molecule has 0 spiro atoms. The van der Waals surface area contributed by atoms with Crippen LogP contribution in [0.2, 0.25) is 0 Å². The number of ether oxygens (including phenoxy) is 2. The SMILES string of the molecule is CC(C)N1CCC(Oc2ccc(C3(C#N)CCOCC3)cc2)CC1. The summed E-state index contributed by atoms with van der Waals surface area (Å²) < 4.78 is 11.6.